The third-order valence-electron chi connectivity index (χ3n) is 4.94. The van der Waals surface area contributed by atoms with E-state index < -0.39 is 0 Å². The van der Waals surface area contributed by atoms with Gasteiger partial charge in [-0.05, 0) is 42.2 Å². The van der Waals surface area contributed by atoms with Crippen LogP contribution in [0.15, 0.2) is 53.3 Å². The monoisotopic (exact) mass is 360 g/mol. The van der Waals surface area contributed by atoms with Gasteiger partial charge in [-0.15, -0.1) is 0 Å². The van der Waals surface area contributed by atoms with Crippen LogP contribution in [-0.2, 0) is 13.0 Å². The molecule has 6 nitrogen and oxygen atoms in total. The minimum atomic E-state index is -0.217. The van der Waals surface area contributed by atoms with E-state index in [9.17, 15) is 9.59 Å². The third kappa shape index (κ3) is 3.21. The number of amides is 1. The Hall–Kier alpha value is -3.41. The molecule has 0 saturated heterocycles. The molecule has 0 atom stereocenters. The van der Waals surface area contributed by atoms with Gasteiger partial charge in [-0.1, -0.05) is 36.4 Å². The Morgan fingerprint density at radius 1 is 1.19 bits per heavy atom. The molecule has 2 heterocycles. The van der Waals surface area contributed by atoms with Gasteiger partial charge in [0.15, 0.2) is 0 Å². The van der Waals surface area contributed by atoms with Gasteiger partial charge in [0.2, 0.25) is 5.95 Å². The summed E-state index contributed by atoms with van der Waals surface area (Å²) in [5, 5.41) is 0. The number of aromatic nitrogens is 2. The fraction of sp³-hybridized carbons (Fsp3) is 0.190. The van der Waals surface area contributed by atoms with Crippen LogP contribution in [0.1, 0.15) is 27.2 Å². The number of carbonyl (C=O) groups is 1. The number of nitrogens with zero attached hydrogens (tertiary/aromatic N) is 2. The predicted octanol–water partition coefficient (Wildman–Crippen LogP) is 2.53. The van der Waals surface area contributed by atoms with Crippen molar-refractivity contribution in [3.05, 3.63) is 81.3 Å². The lowest BCUT2D eigenvalue weighted by Gasteiger charge is -2.28. The molecule has 0 saturated carbocycles. The standard InChI is InChI=1S/C21H20N4O2/c1-13-5-2-3-8-16(13)14-6-4-7-15(11-14)20(27)25-10-9-17-18(12-25)23-21(22)24-19(17)26/h2-8,11H,9-10,12H2,1H3,(H3,22,23,24,26). The van der Waals surface area contributed by atoms with E-state index in [0.717, 1.165) is 16.7 Å². The average molecular weight is 360 g/mol. The van der Waals surface area contributed by atoms with Crippen LogP contribution in [0.2, 0.25) is 0 Å². The fourth-order valence-corrected chi connectivity index (χ4v) is 3.53. The summed E-state index contributed by atoms with van der Waals surface area (Å²) in [6.07, 6.45) is 0.473. The zero-order valence-corrected chi connectivity index (χ0v) is 15.0. The second-order valence-corrected chi connectivity index (χ2v) is 6.75. The number of aryl methyl sites for hydroxylation is 1. The normalized spacial score (nSPS) is 13.3. The molecule has 0 radical (unpaired) electrons. The quantitative estimate of drug-likeness (QED) is 0.734. The molecule has 1 aliphatic rings. The molecule has 27 heavy (non-hydrogen) atoms. The number of fused-ring (bicyclic) bond motifs is 1. The van der Waals surface area contributed by atoms with Gasteiger partial charge >= 0.3 is 0 Å². The molecule has 2 aromatic carbocycles. The lowest BCUT2D eigenvalue weighted by atomic mass is 9.98. The number of hydrogen-bond donors (Lipinski definition) is 2. The van der Waals surface area contributed by atoms with Gasteiger partial charge in [-0.2, -0.15) is 0 Å². The zero-order chi connectivity index (χ0) is 19.0. The average Bonchev–Trinajstić information content (AvgIpc) is 2.67. The van der Waals surface area contributed by atoms with Crippen molar-refractivity contribution in [2.45, 2.75) is 19.9 Å². The van der Waals surface area contributed by atoms with E-state index in [0.29, 0.717) is 29.8 Å². The molecule has 1 aromatic heterocycles. The molecule has 1 amide bonds. The summed E-state index contributed by atoms with van der Waals surface area (Å²) in [7, 11) is 0. The second kappa shape index (κ2) is 6.72. The van der Waals surface area contributed by atoms with Crippen LogP contribution in [0.4, 0.5) is 5.95 Å². The van der Waals surface area contributed by atoms with Gasteiger partial charge in [-0.3, -0.25) is 14.6 Å². The Kier molecular flexibility index (Phi) is 4.24. The smallest absolute Gasteiger partial charge is 0.255 e. The molecule has 0 aliphatic carbocycles. The highest BCUT2D eigenvalue weighted by Crippen LogP contribution is 2.25. The first-order chi connectivity index (χ1) is 13.0. The summed E-state index contributed by atoms with van der Waals surface area (Å²) in [6, 6.07) is 15.7. The van der Waals surface area contributed by atoms with Crippen LogP contribution in [0.5, 0.6) is 0 Å². The van der Waals surface area contributed by atoms with Gasteiger partial charge in [0.1, 0.15) is 0 Å². The molecule has 4 rings (SSSR count). The fourth-order valence-electron chi connectivity index (χ4n) is 3.53. The highest BCUT2D eigenvalue weighted by molar-refractivity contribution is 5.95. The van der Waals surface area contributed by atoms with E-state index >= 15 is 0 Å². The van der Waals surface area contributed by atoms with Crippen molar-refractivity contribution in [2.75, 3.05) is 12.3 Å². The van der Waals surface area contributed by atoms with Crippen molar-refractivity contribution in [2.24, 2.45) is 0 Å². The van der Waals surface area contributed by atoms with Crippen molar-refractivity contribution >= 4 is 11.9 Å². The molecule has 0 spiro atoms. The topological polar surface area (TPSA) is 92.1 Å². The Bertz CT molecular complexity index is 1090. The van der Waals surface area contributed by atoms with Crippen LogP contribution in [0.25, 0.3) is 11.1 Å². The first kappa shape index (κ1) is 17.0. The molecule has 0 fully saturated rings. The van der Waals surface area contributed by atoms with E-state index in [1.54, 1.807) is 4.90 Å². The van der Waals surface area contributed by atoms with Crippen molar-refractivity contribution in [3.63, 3.8) is 0 Å². The van der Waals surface area contributed by atoms with Crippen LogP contribution in [-0.4, -0.2) is 27.3 Å². The Morgan fingerprint density at radius 3 is 2.81 bits per heavy atom. The molecular formula is C21H20N4O2. The van der Waals surface area contributed by atoms with Crippen molar-refractivity contribution in [1.29, 1.82) is 0 Å². The summed E-state index contributed by atoms with van der Waals surface area (Å²) < 4.78 is 0. The first-order valence-corrected chi connectivity index (χ1v) is 8.86. The van der Waals surface area contributed by atoms with Crippen molar-refractivity contribution in [1.82, 2.24) is 14.9 Å². The van der Waals surface area contributed by atoms with Gasteiger partial charge in [0, 0.05) is 17.7 Å². The number of benzene rings is 2. The molecule has 6 heteroatoms. The van der Waals surface area contributed by atoms with Gasteiger partial charge in [0.05, 0.1) is 12.2 Å². The van der Waals surface area contributed by atoms with Gasteiger partial charge in [-0.25, -0.2) is 4.98 Å². The van der Waals surface area contributed by atoms with Crippen LogP contribution in [0.3, 0.4) is 0 Å². The number of nitrogens with one attached hydrogen (secondary N) is 1. The number of aromatic amines is 1. The van der Waals surface area contributed by atoms with E-state index in [-0.39, 0.29) is 24.0 Å². The van der Waals surface area contributed by atoms with Crippen LogP contribution >= 0.6 is 0 Å². The van der Waals surface area contributed by atoms with Crippen molar-refractivity contribution < 1.29 is 4.79 Å². The van der Waals surface area contributed by atoms with Crippen molar-refractivity contribution in [3.8, 4) is 11.1 Å². The maximum atomic E-state index is 13.0. The predicted molar refractivity (Wildman–Crippen MR) is 104 cm³/mol. The Labute approximate surface area is 156 Å². The van der Waals surface area contributed by atoms with E-state index in [1.807, 2.05) is 36.4 Å². The lowest BCUT2D eigenvalue weighted by Crippen LogP contribution is -2.39. The lowest BCUT2D eigenvalue weighted by molar-refractivity contribution is 0.0731. The highest BCUT2D eigenvalue weighted by atomic mass is 16.2. The summed E-state index contributed by atoms with van der Waals surface area (Å²) in [6.45, 7) is 2.82. The molecule has 0 bridgehead atoms. The Balaban J connectivity index is 1.63. The molecular weight excluding hydrogens is 340 g/mol. The van der Waals surface area contributed by atoms with Gasteiger partial charge < -0.3 is 10.6 Å². The SMILES string of the molecule is Cc1ccccc1-c1cccc(C(=O)N2CCc3c(nc(N)[nH]c3=O)C2)c1. The second-order valence-electron chi connectivity index (χ2n) is 6.75. The summed E-state index contributed by atoms with van der Waals surface area (Å²) in [5.41, 5.74) is 10.5. The number of nitrogen functional groups attached to an aromatic ring is 1. The van der Waals surface area contributed by atoms with E-state index in [1.165, 1.54) is 0 Å². The maximum Gasteiger partial charge on any atom is 0.255 e. The first-order valence-electron chi connectivity index (χ1n) is 8.86. The minimum absolute atomic E-state index is 0.0725. The maximum absolute atomic E-state index is 13.0. The van der Waals surface area contributed by atoms with Crippen LogP contribution in [0, 0.1) is 6.92 Å². The zero-order valence-electron chi connectivity index (χ0n) is 15.0. The molecule has 0 unspecified atom stereocenters. The molecule has 1 aliphatic heterocycles. The van der Waals surface area contributed by atoms with Crippen LogP contribution < -0.4 is 11.3 Å². The highest BCUT2D eigenvalue weighted by Gasteiger charge is 2.25. The Morgan fingerprint density at radius 2 is 2.00 bits per heavy atom. The summed E-state index contributed by atoms with van der Waals surface area (Å²) in [5.74, 6) is 0.00587. The molecule has 3 N–H and O–H groups in total. The number of carbonyl (C=O) groups excluding carboxylic acids is 1. The summed E-state index contributed by atoms with van der Waals surface area (Å²) in [4.78, 5) is 33.4. The summed E-state index contributed by atoms with van der Waals surface area (Å²) >= 11 is 0. The number of nitrogens with two attached hydrogens (primary N) is 1. The van der Waals surface area contributed by atoms with E-state index in [4.69, 9.17) is 5.73 Å². The number of hydrogen-bond acceptors (Lipinski definition) is 4. The number of rotatable bonds is 2. The molecule has 136 valence electrons. The third-order valence-corrected chi connectivity index (χ3v) is 4.94. The number of H-pyrrole nitrogens is 1. The van der Waals surface area contributed by atoms with Gasteiger partial charge in [0.25, 0.3) is 11.5 Å². The van der Waals surface area contributed by atoms with E-state index in [2.05, 4.69) is 29.0 Å². The molecule has 3 aromatic rings. The number of anilines is 1. The minimum Gasteiger partial charge on any atom is -0.369 e. The largest absolute Gasteiger partial charge is 0.369 e.